The van der Waals surface area contributed by atoms with Crippen LogP contribution in [-0.2, 0) is 0 Å². The van der Waals surface area contributed by atoms with Gasteiger partial charge in [-0.25, -0.2) is 0 Å². The van der Waals surface area contributed by atoms with Crippen molar-refractivity contribution in [3.8, 4) is 0 Å². The van der Waals surface area contributed by atoms with Crippen LogP contribution >= 0.6 is 0 Å². The highest BCUT2D eigenvalue weighted by Gasteiger charge is 2.24. The first-order valence-corrected chi connectivity index (χ1v) is 5.72. The molecule has 0 aliphatic heterocycles. The van der Waals surface area contributed by atoms with Crippen molar-refractivity contribution in [1.82, 2.24) is 0 Å². The molecule has 1 saturated carbocycles. The van der Waals surface area contributed by atoms with E-state index in [0.717, 1.165) is 17.8 Å². The molecule has 3 atom stereocenters. The zero-order valence-electron chi connectivity index (χ0n) is 9.29. The lowest BCUT2D eigenvalue weighted by Crippen LogP contribution is -2.21. The predicted molar refractivity (Wildman–Crippen MR) is 56.5 cm³/mol. The first kappa shape index (κ1) is 11.0. The maximum atomic E-state index is 9.00. The summed E-state index contributed by atoms with van der Waals surface area (Å²) in [5.74, 6) is 3.18. The first-order valence-electron chi connectivity index (χ1n) is 5.72. The summed E-state index contributed by atoms with van der Waals surface area (Å²) in [6.07, 6.45) is 5.40. The first-order chi connectivity index (χ1) is 6.11. The van der Waals surface area contributed by atoms with Crippen LogP contribution in [0.15, 0.2) is 0 Å². The lowest BCUT2D eigenvalue weighted by atomic mass is 9.74. The van der Waals surface area contributed by atoms with Crippen molar-refractivity contribution in [3.05, 3.63) is 0 Å². The summed E-state index contributed by atoms with van der Waals surface area (Å²) in [5, 5.41) is 9.00. The molecule has 0 aromatic rings. The van der Waals surface area contributed by atoms with Crippen molar-refractivity contribution in [2.24, 2.45) is 23.7 Å². The van der Waals surface area contributed by atoms with E-state index in [0.29, 0.717) is 12.5 Å². The highest BCUT2D eigenvalue weighted by Crippen LogP contribution is 2.35. The zero-order valence-corrected chi connectivity index (χ0v) is 9.29. The van der Waals surface area contributed by atoms with E-state index in [1.165, 1.54) is 25.7 Å². The van der Waals surface area contributed by atoms with Gasteiger partial charge in [0.15, 0.2) is 0 Å². The van der Waals surface area contributed by atoms with Crippen LogP contribution in [0.3, 0.4) is 0 Å². The van der Waals surface area contributed by atoms with Gasteiger partial charge in [-0.1, -0.05) is 20.8 Å². The molecular weight excluding hydrogens is 160 g/mol. The molecule has 3 unspecified atom stereocenters. The number of aliphatic hydroxyl groups excluding tert-OH is 1. The van der Waals surface area contributed by atoms with Crippen molar-refractivity contribution in [1.29, 1.82) is 0 Å². The molecule has 0 heterocycles. The fourth-order valence-corrected chi connectivity index (χ4v) is 2.95. The zero-order chi connectivity index (χ0) is 9.84. The molecule has 0 radical (unpaired) electrons. The molecule has 0 aromatic carbocycles. The molecule has 1 rings (SSSR count). The molecule has 78 valence electrons. The molecule has 0 aromatic heterocycles. The average molecular weight is 184 g/mol. The summed E-state index contributed by atoms with van der Waals surface area (Å²) in [7, 11) is 0. The summed E-state index contributed by atoms with van der Waals surface area (Å²) >= 11 is 0. The SMILES string of the molecule is CC(CO)CC1CC(C)CC(C)C1. The van der Waals surface area contributed by atoms with Crippen molar-refractivity contribution in [2.45, 2.75) is 46.5 Å². The van der Waals surface area contributed by atoms with Crippen molar-refractivity contribution >= 4 is 0 Å². The smallest absolute Gasteiger partial charge is 0.0456 e. The minimum absolute atomic E-state index is 0.360. The summed E-state index contributed by atoms with van der Waals surface area (Å²) in [6.45, 7) is 7.25. The average Bonchev–Trinajstić information content (AvgIpc) is 2.02. The molecule has 0 bridgehead atoms. The van der Waals surface area contributed by atoms with E-state index in [4.69, 9.17) is 5.11 Å². The van der Waals surface area contributed by atoms with E-state index < -0.39 is 0 Å². The quantitative estimate of drug-likeness (QED) is 0.714. The van der Waals surface area contributed by atoms with Gasteiger partial charge in [0, 0.05) is 6.61 Å². The second-order valence-electron chi connectivity index (χ2n) is 5.31. The van der Waals surface area contributed by atoms with Gasteiger partial charge >= 0.3 is 0 Å². The molecule has 0 spiro atoms. The lowest BCUT2D eigenvalue weighted by molar-refractivity contribution is 0.159. The Balaban J connectivity index is 2.32. The molecule has 0 saturated heterocycles. The van der Waals surface area contributed by atoms with Gasteiger partial charge < -0.3 is 5.11 Å². The van der Waals surface area contributed by atoms with Crippen molar-refractivity contribution < 1.29 is 5.11 Å². The number of hydrogen-bond acceptors (Lipinski definition) is 1. The van der Waals surface area contributed by atoms with Crippen LogP contribution in [0.2, 0.25) is 0 Å². The maximum Gasteiger partial charge on any atom is 0.0456 e. The minimum Gasteiger partial charge on any atom is -0.396 e. The number of rotatable bonds is 3. The Morgan fingerprint density at radius 2 is 1.69 bits per heavy atom. The molecule has 1 fully saturated rings. The van der Waals surface area contributed by atoms with Crippen molar-refractivity contribution in [3.63, 3.8) is 0 Å². The van der Waals surface area contributed by atoms with Crippen LogP contribution in [0, 0.1) is 23.7 Å². The third-order valence-corrected chi connectivity index (χ3v) is 3.32. The van der Waals surface area contributed by atoms with Gasteiger partial charge in [-0.05, 0) is 49.4 Å². The Bertz CT molecular complexity index is 134. The van der Waals surface area contributed by atoms with Gasteiger partial charge in [-0.3, -0.25) is 0 Å². The summed E-state index contributed by atoms with van der Waals surface area (Å²) in [5.41, 5.74) is 0. The standard InChI is InChI=1S/C12H24O/c1-9-4-10(2)6-12(5-9)7-11(3)8-13/h9-13H,4-8H2,1-3H3. The number of aliphatic hydroxyl groups is 1. The largest absolute Gasteiger partial charge is 0.396 e. The summed E-state index contributed by atoms with van der Waals surface area (Å²) in [4.78, 5) is 0. The molecule has 1 heteroatoms. The van der Waals surface area contributed by atoms with Crippen LogP contribution in [0.4, 0.5) is 0 Å². The summed E-state index contributed by atoms with van der Waals surface area (Å²) in [6, 6.07) is 0. The fraction of sp³-hybridized carbons (Fsp3) is 1.00. The van der Waals surface area contributed by atoms with E-state index in [9.17, 15) is 0 Å². The van der Waals surface area contributed by atoms with Crippen LogP contribution in [0.5, 0.6) is 0 Å². The molecule has 1 nitrogen and oxygen atoms in total. The van der Waals surface area contributed by atoms with E-state index in [1.54, 1.807) is 0 Å². The van der Waals surface area contributed by atoms with E-state index in [1.807, 2.05) is 0 Å². The third kappa shape index (κ3) is 3.68. The highest BCUT2D eigenvalue weighted by molar-refractivity contribution is 4.76. The topological polar surface area (TPSA) is 20.2 Å². The Hall–Kier alpha value is -0.0400. The van der Waals surface area contributed by atoms with Gasteiger partial charge in [0.2, 0.25) is 0 Å². The van der Waals surface area contributed by atoms with Crippen LogP contribution in [0.25, 0.3) is 0 Å². The second-order valence-corrected chi connectivity index (χ2v) is 5.31. The molecule has 1 aliphatic rings. The summed E-state index contributed by atoms with van der Waals surface area (Å²) < 4.78 is 0. The molecule has 1 N–H and O–H groups in total. The van der Waals surface area contributed by atoms with Gasteiger partial charge in [0.25, 0.3) is 0 Å². The van der Waals surface area contributed by atoms with E-state index >= 15 is 0 Å². The monoisotopic (exact) mass is 184 g/mol. The minimum atomic E-state index is 0.360. The molecule has 13 heavy (non-hydrogen) atoms. The second kappa shape index (κ2) is 4.99. The Morgan fingerprint density at radius 3 is 2.15 bits per heavy atom. The normalized spacial score (nSPS) is 37.4. The molecule has 0 amide bonds. The number of hydrogen-bond donors (Lipinski definition) is 1. The van der Waals surface area contributed by atoms with Crippen LogP contribution < -0.4 is 0 Å². The fourth-order valence-electron chi connectivity index (χ4n) is 2.95. The molecular formula is C12H24O. The Kier molecular flexibility index (Phi) is 4.24. The van der Waals surface area contributed by atoms with Crippen LogP contribution in [-0.4, -0.2) is 11.7 Å². The lowest BCUT2D eigenvalue weighted by Gasteiger charge is -2.32. The van der Waals surface area contributed by atoms with Gasteiger partial charge in [0.05, 0.1) is 0 Å². The van der Waals surface area contributed by atoms with Crippen molar-refractivity contribution in [2.75, 3.05) is 6.61 Å². The Morgan fingerprint density at radius 1 is 1.15 bits per heavy atom. The van der Waals surface area contributed by atoms with Gasteiger partial charge in [-0.2, -0.15) is 0 Å². The maximum absolute atomic E-state index is 9.00. The van der Waals surface area contributed by atoms with E-state index in [2.05, 4.69) is 20.8 Å². The predicted octanol–water partition coefficient (Wildman–Crippen LogP) is 3.08. The van der Waals surface area contributed by atoms with Gasteiger partial charge in [-0.15, -0.1) is 0 Å². The van der Waals surface area contributed by atoms with E-state index in [-0.39, 0.29) is 0 Å². The van der Waals surface area contributed by atoms with Gasteiger partial charge in [0.1, 0.15) is 0 Å². The van der Waals surface area contributed by atoms with Crippen LogP contribution in [0.1, 0.15) is 46.5 Å². The highest BCUT2D eigenvalue weighted by atomic mass is 16.3. The third-order valence-electron chi connectivity index (χ3n) is 3.32. The Labute approximate surface area is 82.5 Å². The molecule has 1 aliphatic carbocycles.